The lowest BCUT2D eigenvalue weighted by atomic mass is 10.1. The fraction of sp³-hybridized carbons (Fsp3) is 0.364. The van der Waals surface area contributed by atoms with Crippen LogP contribution in [0.5, 0.6) is 11.5 Å². The summed E-state index contributed by atoms with van der Waals surface area (Å²) in [6, 6.07) is 13.2. The quantitative estimate of drug-likeness (QED) is 0.620. The van der Waals surface area contributed by atoms with Crippen LogP contribution in [0.1, 0.15) is 36.9 Å². The fourth-order valence-corrected chi connectivity index (χ4v) is 2.89. The normalized spacial score (nSPS) is 14.1. The maximum atomic E-state index is 12.3. The van der Waals surface area contributed by atoms with Crippen LogP contribution in [-0.4, -0.2) is 31.1 Å². The number of hydrogen-bond acceptors (Lipinski definition) is 4. The second kappa shape index (κ2) is 10.0. The summed E-state index contributed by atoms with van der Waals surface area (Å²) in [7, 11) is 0. The Hall–Kier alpha value is -3.16. The van der Waals surface area contributed by atoms with Crippen molar-refractivity contribution in [1.29, 1.82) is 0 Å². The van der Waals surface area contributed by atoms with E-state index in [0.717, 1.165) is 18.4 Å². The summed E-state index contributed by atoms with van der Waals surface area (Å²) in [6.45, 7) is -1.10. The van der Waals surface area contributed by atoms with Gasteiger partial charge in [0.2, 0.25) is 5.91 Å². The first-order valence-corrected chi connectivity index (χ1v) is 9.74. The van der Waals surface area contributed by atoms with E-state index in [1.807, 2.05) is 19.1 Å². The van der Waals surface area contributed by atoms with Gasteiger partial charge >= 0.3 is 6.61 Å². The van der Waals surface area contributed by atoms with Crippen molar-refractivity contribution in [3.05, 3.63) is 59.7 Å². The van der Waals surface area contributed by atoms with E-state index in [1.54, 1.807) is 24.3 Å². The third-order valence-electron chi connectivity index (χ3n) is 4.56. The van der Waals surface area contributed by atoms with Gasteiger partial charge in [0, 0.05) is 6.04 Å². The van der Waals surface area contributed by atoms with Crippen LogP contribution in [0.15, 0.2) is 48.5 Å². The van der Waals surface area contributed by atoms with Gasteiger partial charge in [0.25, 0.3) is 5.91 Å². The highest BCUT2D eigenvalue weighted by Crippen LogP contribution is 2.20. The number of halogens is 2. The van der Waals surface area contributed by atoms with Crippen molar-refractivity contribution in [2.45, 2.75) is 44.9 Å². The van der Waals surface area contributed by atoms with Gasteiger partial charge in [-0.2, -0.15) is 8.78 Å². The first kappa shape index (κ1) is 21.5. The maximum Gasteiger partial charge on any atom is 0.387 e. The zero-order chi connectivity index (χ0) is 21.5. The van der Waals surface area contributed by atoms with Crippen molar-refractivity contribution >= 4 is 11.8 Å². The number of hydrogen-bond donors (Lipinski definition) is 2. The van der Waals surface area contributed by atoms with E-state index in [4.69, 9.17) is 4.74 Å². The van der Waals surface area contributed by atoms with E-state index in [0.29, 0.717) is 17.4 Å². The van der Waals surface area contributed by atoms with Crippen molar-refractivity contribution in [2.24, 2.45) is 0 Å². The number of nitrogens with one attached hydrogen (secondary N) is 2. The van der Waals surface area contributed by atoms with Crippen LogP contribution in [0.3, 0.4) is 0 Å². The molecule has 1 atom stereocenters. The average Bonchev–Trinajstić information content (AvgIpc) is 3.50. The summed E-state index contributed by atoms with van der Waals surface area (Å²) in [5.74, 6) is 0.211. The number of amides is 2. The minimum Gasteiger partial charge on any atom is -0.484 e. The van der Waals surface area contributed by atoms with E-state index in [-0.39, 0.29) is 36.6 Å². The standard InChI is InChI=1S/C22H24F2N2O4/c1-14(25-20(27)12-15-3-2-4-19(11-15)30-22(23)24)16-5-9-18(10-6-16)29-13-21(28)26-17-7-8-17/h2-6,9-11,14,17,22H,7-8,12-13H2,1H3,(H,25,27)(H,26,28). The fourth-order valence-electron chi connectivity index (χ4n) is 2.89. The smallest absolute Gasteiger partial charge is 0.387 e. The molecule has 0 heterocycles. The number of carbonyl (C=O) groups is 2. The minimum absolute atomic E-state index is 0.0183. The van der Waals surface area contributed by atoms with Crippen LogP contribution in [0.25, 0.3) is 0 Å². The molecule has 2 aromatic rings. The molecule has 1 aliphatic rings. The maximum absolute atomic E-state index is 12.3. The highest BCUT2D eigenvalue weighted by Gasteiger charge is 2.23. The lowest BCUT2D eigenvalue weighted by Crippen LogP contribution is -2.30. The van der Waals surface area contributed by atoms with Crippen LogP contribution < -0.4 is 20.1 Å². The van der Waals surface area contributed by atoms with Crippen LogP contribution >= 0.6 is 0 Å². The average molecular weight is 418 g/mol. The molecule has 2 aromatic carbocycles. The Morgan fingerprint density at radius 3 is 2.47 bits per heavy atom. The highest BCUT2D eigenvalue weighted by atomic mass is 19.3. The topological polar surface area (TPSA) is 76.7 Å². The predicted molar refractivity (Wildman–Crippen MR) is 106 cm³/mol. The Morgan fingerprint density at radius 2 is 1.80 bits per heavy atom. The predicted octanol–water partition coefficient (Wildman–Crippen LogP) is 3.37. The lowest BCUT2D eigenvalue weighted by Gasteiger charge is -2.15. The largest absolute Gasteiger partial charge is 0.484 e. The molecule has 0 aromatic heterocycles. The molecule has 0 saturated heterocycles. The zero-order valence-electron chi connectivity index (χ0n) is 16.6. The summed E-state index contributed by atoms with van der Waals surface area (Å²) >= 11 is 0. The van der Waals surface area contributed by atoms with E-state index >= 15 is 0 Å². The van der Waals surface area contributed by atoms with Gasteiger partial charge in [-0.1, -0.05) is 24.3 Å². The molecule has 1 unspecified atom stereocenters. The number of carbonyl (C=O) groups excluding carboxylic acids is 2. The van der Waals surface area contributed by atoms with Crippen LogP contribution in [0.4, 0.5) is 8.78 Å². The summed E-state index contributed by atoms with van der Waals surface area (Å²) in [4.78, 5) is 24.0. The van der Waals surface area contributed by atoms with Gasteiger partial charge in [0.05, 0.1) is 12.5 Å². The molecule has 1 aliphatic carbocycles. The summed E-state index contributed by atoms with van der Waals surface area (Å²) < 4.78 is 34.4. The Bertz CT molecular complexity index is 870. The van der Waals surface area contributed by atoms with Gasteiger partial charge in [-0.3, -0.25) is 9.59 Å². The van der Waals surface area contributed by atoms with Crippen molar-refractivity contribution in [1.82, 2.24) is 10.6 Å². The number of ether oxygens (including phenoxy) is 2. The lowest BCUT2D eigenvalue weighted by molar-refractivity contribution is -0.123. The van der Waals surface area contributed by atoms with E-state index in [1.165, 1.54) is 12.1 Å². The molecule has 2 amide bonds. The second-order valence-electron chi connectivity index (χ2n) is 7.19. The summed E-state index contributed by atoms with van der Waals surface area (Å²) in [6.07, 6.45) is 2.10. The van der Waals surface area contributed by atoms with Crippen molar-refractivity contribution in [2.75, 3.05) is 6.61 Å². The number of rotatable bonds is 10. The van der Waals surface area contributed by atoms with Gasteiger partial charge in [0.1, 0.15) is 11.5 Å². The number of benzene rings is 2. The zero-order valence-corrected chi connectivity index (χ0v) is 16.6. The third-order valence-corrected chi connectivity index (χ3v) is 4.56. The molecule has 1 saturated carbocycles. The Labute approximate surface area is 173 Å². The van der Waals surface area contributed by atoms with Crippen molar-refractivity contribution in [3.63, 3.8) is 0 Å². The molecule has 2 N–H and O–H groups in total. The molecule has 0 spiro atoms. The molecular weight excluding hydrogens is 394 g/mol. The first-order valence-electron chi connectivity index (χ1n) is 9.74. The molecular formula is C22H24F2N2O4. The Morgan fingerprint density at radius 1 is 1.07 bits per heavy atom. The van der Waals surface area contributed by atoms with E-state index in [9.17, 15) is 18.4 Å². The third kappa shape index (κ3) is 7.02. The van der Waals surface area contributed by atoms with Crippen LogP contribution in [0, 0.1) is 0 Å². The molecule has 0 radical (unpaired) electrons. The highest BCUT2D eigenvalue weighted by molar-refractivity contribution is 5.79. The molecule has 30 heavy (non-hydrogen) atoms. The van der Waals surface area contributed by atoms with Crippen molar-refractivity contribution in [3.8, 4) is 11.5 Å². The molecule has 3 rings (SSSR count). The molecule has 1 fully saturated rings. The summed E-state index contributed by atoms with van der Waals surface area (Å²) in [5, 5.41) is 5.72. The van der Waals surface area contributed by atoms with Gasteiger partial charge in [-0.15, -0.1) is 0 Å². The second-order valence-corrected chi connectivity index (χ2v) is 7.19. The minimum atomic E-state index is -2.91. The van der Waals surface area contributed by atoms with Crippen LogP contribution in [0.2, 0.25) is 0 Å². The van der Waals surface area contributed by atoms with Crippen molar-refractivity contribution < 1.29 is 27.8 Å². The SMILES string of the molecule is CC(NC(=O)Cc1cccc(OC(F)F)c1)c1ccc(OCC(=O)NC2CC2)cc1. The van der Waals surface area contributed by atoms with Crippen LogP contribution in [-0.2, 0) is 16.0 Å². The van der Waals surface area contributed by atoms with E-state index < -0.39 is 6.61 Å². The first-order chi connectivity index (χ1) is 14.4. The number of alkyl halides is 2. The molecule has 0 aliphatic heterocycles. The van der Waals surface area contributed by atoms with Gasteiger partial charge in [-0.05, 0) is 55.2 Å². The molecule has 8 heteroatoms. The van der Waals surface area contributed by atoms with Gasteiger partial charge < -0.3 is 20.1 Å². The molecule has 6 nitrogen and oxygen atoms in total. The van der Waals surface area contributed by atoms with Gasteiger partial charge in [-0.25, -0.2) is 0 Å². The van der Waals surface area contributed by atoms with Gasteiger partial charge in [0.15, 0.2) is 6.61 Å². The monoisotopic (exact) mass is 418 g/mol. The van der Waals surface area contributed by atoms with E-state index in [2.05, 4.69) is 15.4 Å². The Kier molecular flexibility index (Phi) is 7.21. The summed E-state index contributed by atoms with van der Waals surface area (Å²) in [5.41, 5.74) is 1.44. The Balaban J connectivity index is 1.47. The molecule has 160 valence electrons. The molecule has 0 bridgehead atoms.